The van der Waals surface area contributed by atoms with Crippen molar-refractivity contribution in [3.8, 4) is 0 Å². The number of fused-ring (bicyclic) bond motifs is 1. The van der Waals surface area contributed by atoms with Gasteiger partial charge in [0.2, 0.25) is 17.7 Å². The number of pyridine rings is 1. The standard InChI is InChI=1S/C29H32ClF3N6O3/c1-17-15-39(16-22(17)34)26(40)11-10-24(38-30)27(41)37-25(12-18-6-8-20(9-7-18)29(31,32)33)28(42)36-21-13-19-4-2-3-5-23(19)35-14-21/h2-9,13-14,17,22,24-25,38H,10-12,15-16,34H2,1H3,(H,36,42)(H,37,41). The molecule has 3 amide bonds. The number of hydrogen-bond acceptors (Lipinski definition) is 6. The van der Waals surface area contributed by atoms with Gasteiger partial charge >= 0.3 is 6.18 Å². The summed E-state index contributed by atoms with van der Waals surface area (Å²) in [6.07, 6.45) is -3.07. The Morgan fingerprint density at radius 1 is 1.07 bits per heavy atom. The van der Waals surface area contributed by atoms with Gasteiger partial charge in [-0.05, 0) is 53.9 Å². The first-order valence-electron chi connectivity index (χ1n) is 13.5. The minimum absolute atomic E-state index is 0.0236. The Hall–Kier alpha value is -3.74. The van der Waals surface area contributed by atoms with Gasteiger partial charge in [-0.2, -0.15) is 13.2 Å². The van der Waals surface area contributed by atoms with E-state index in [9.17, 15) is 27.6 Å². The smallest absolute Gasteiger partial charge is 0.343 e. The quantitative estimate of drug-likeness (QED) is 0.262. The van der Waals surface area contributed by atoms with Gasteiger partial charge < -0.3 is 21.3 Å². The van der Waals surface area contributed by atoms with Crippen LogP contribution >= 0.6 is 11.8 Å². The van der Waals surface area contributed by atoms with Crippen LogP contribution in [-0.4, -0.2) is 58.8 Å². The molecule has 224 valence electrons. The minimum atomic E-state index is -4.51. The summed E-state index contributed by atoms with van der Waals surface area (Å²) in [5.74, 6) is -1.25. The van der Waals surface area contributed by atoms with E-state index in [1.54, 1.807) is 11.0 Å². The lowest BCUT2D eigenvalue weighted by atomic mass is 10.0. The van der Waals surface area contributed by atoms with Crippen LogP contribution in [0.2, 0.25) is 0 Å². The maximum atomic E-state index is 13.4. The van der Waals surface area contributed by atoms with Gasteiger partial charge in [-0.1, -0.05) is 37.3 Å². The van der Waals surface area contributed by atoms with Crippen LogP contribution in [0.25, 0.3) is 10.9 Å². The molecule has 13 heteroatoms. The molecule has 2 heterocycles. The van der Waals surface area contributed by atoms with Gasteiger partial charge in [0, 0.05) is 37.4 Å². The molecule has 42 heavy (non-hydrogen) atoms. The summed E-state index contributed by atoms with van der Waals surface area (Å²) in [6, 6.07) is 11.1. The Bertz CT molecular complexity index is 1410. The van der Waals surface area contributed by atoms with Crippen molar-refractivity contribution in [2.45, 2.75) is 50.5 Å². The summed E-state index contributed by atoms with van der Waals surface area (Å²) in [6.45, 7) is 2.93. The molecule has 0 bridgehead atoms. The zero-order valence-corrected chi connectivity index (χ0v) is 23.6. The van der Waals surface area contributed by atoms with E-state index in [1.807, 2.05) is 31.2 Å². The van der Waals surface area contributed by atoms with E-state index < -0.39 is 35.6 Å². The fraction of sp³-hybridized carbons (Fsp3) is 0.379. The molecule has 1 aliphatic heterocycles. The van der Waals surface area contributed by atoms with Gasteiger partial charge in [-0.3, -0.25) is 19.4 Å². The number of halogens is 4. The SMILES string of the molecule is CC1CN(C(=O)CCC(NCl)C(=O)NC(Cc2ccc(C(F)(F)F)cc2)C(=O)Nc2cnc3ccccc3c2)CC1N. The second-order valence-corrected chi connectivity index (χ2v) is 10.7. The normalized spacial score (nSPS) is 18.5. The third kappa shape index (κ3) is 7.96. The zero-order chi connectivity index (χ0) is 30.4. The van der Waals surface area contributed by atoms with Crippen LogP contribution in [-0.2, 0) is 27.0 Å². The molecule has 4 rings (SSSR count). The number of alkyl halides is 3. The molecule has 9 nitrogen and oxygen atoms in total. The fourth-order valence-corrected chi connectivity index (χ4v) is 4.98. The topological polar surface area (TPSA) is 129 Å². The van der Waals surface area contributed by atoms with E-state index in [1.165, 1.54) is 18.3 Å². The molecule has 0 saturated carbocycles. The van der Waals surface area contributed by atoms with Crippen LogP contribution in [0.3, 0.4) is 0 Å². The number of hydrogen-bond donors (Lipinski definition) is 4. The molecule has 5 N–H and O–H groups in total. The first kappa shape index (κ1) is 31.2. The van der Waals surface area contributed by atoms with Crippen molar-refractivity contribution >= 4 is 46.1 Å². The van der Waals surface area contributed by atoms with Crippen molar-refractivity contribution in [3.63, 3.8) is 0 Å². The highest BCUT2D eigenvalue weighted by atomic mass is 35.5. The van der Waals surface area contributed by atoms with Gasteiger partial charge in [0.1, 0.15) is 12.1 Å². The van der Waals surface area contributed by atoms with E-state index >= 15 is 0 Å². The zero-order valence-electron chi connectivity index (χ0n) is 22.8. The molecule has 1 aromatic heterocycles. The maximum absolute atomic E-state index is 13.4. The second kappa shape index (κ2) is 13.5. The van der Waals surface area contributed by atoms with Gasteiger partial charge in [-0.15, -0.1) is 0 Å². The van der Waals surface area contributed by atoms with Gasteiger partial charge in [0.15, 0.2) is 0 Å². The number of aromatic nitrogens is 1. The molecular formula is C29H32ClF3N6O3. The number of likely N-dealkylation sites (tertiary alicyclic amines) is 1. The Balaban J connectivity index is 1.47. The molecular weight excluding hydrogens is 573 g/mol. The van der Waals surface area contributed by atoms with Crippen LogP contribution in [0.1, 0.15) is 30.9 Å². The van der Waals surface area contributed by atoms with Crippen molar-refractivity contribution < 1.29 is 27.6 Å². The van der Waals surface area contributed by atoms with Gasteiger partial charge in [0.25, 0.3) is 0 Å². The third-order valence-electron chi connectivity index (χ3n) is 7.33. The van der Waals surface area contributed by atoms with E-state index in [4.69, 9.17) is 17.5 Å². The first-order valence-corrected chi connectivity index (χ1v) is 13.8. The van der Waals surface area contributed by atoms with Crippen LogP contribution in [0.15, 0.2) is 60.8 Å². The molecule has 0 aliphatic carbocycles. The predicted octanol–water partition coefficient (Wildman–Crippen LogP) is 3.62. The summed E-state index contributed by atoms with van der Waals surface area (Å²) in [5.41, 5.74) is 6.67. The number of rotatable bonds is 10. The van der Waals surface area contributed by atoms with Gasteiger partial charge in [-0.25, -0.2) is 4.84 Å². The Morgan fingerprint density at radius 3 is 2.43 bits per heavy atom. The highest BCUT2D eigenvalue weighted by molar-refractivity contribution is 6.15. The van der Waals surface area contributed by atoms with Gasteiger partial charge in [0.05, 0.1) is 23.0 Å². The van der Waals surface area contributed by atoms with Crippen molar-refractivity contribution in [1.82, 2.24) is 20.0 Å². The molecule has 2 aromatic carbocycles. The summed E-state index contributed by atoms with van der Waals surface area (Å²) >= 11 is 5.85. The minimum Gasteiger partial charge on any atom is -0.343 e. The summed E-state index contributed by atoms with van der Waals surface area (Å²) in [7, 11) is 0. The Morgan fingerprint density at radius 2 is 1.79 bits per heavy atom. The highest BCUT2D eigenvalue weighted by Crippen LogP contribution is 2.29. The van der Waals surface area contributed by atoms with Crippen LogP contribution in [0.5, 0.6) is 0 Å². The average Bonchev–Trinajstić information content (AvgIpc) is 3.30. The average molecular weight is 605 g/mol. The highest BCUT2D eigenvalue weighted by Gasteiger charge is 2.32. The number of nitrogens with one attached hydrogen (secondary N) is 3. The molecule has 3 aromatic rings. The number of nitrogens with two attached hydrogens (primary N) is 1. The Kier molecular flexibility index (Phi) is 10.0. The number of carbonyl (C=O) groups excluding carboxylic acids is 3. The van der Waals surface area contributed by atoms with E-state index in [2.05, 4.69) is 20.5 Å². The van der Waals surface area contributed by atoms with Crippen molar-refractivity contribution in [2.24, 2.45) is 11.7 Å². The molecule has 4 atom stereocenters. The lowest BCUT2D eigenvalue weighted by molar-refractivity contribution is -0.137. The van der Waals surface area contributed by atoms with Crippen LogP contribution in [0.4, 0.5) is 18.9 Å². The molecule has 1 saturated heterocycles. The summed E-state index contributed by atoms with van der Waals surface area (Å²) < 4.78 is 39.2. The molecule has 1 fully saturated rings. The number of para-hydroxylation sites is 1. The molecule has 0 spiro atoms. The molecule has 4 unspecified atom stereocenters. The molecule has 1 aliphatic rings. The first-order chi connectivity index (χ1) is 19.9. The summed E-state index contributed by atoms with van der Waals surface area (Å²) in [5, 5.41) is 6.15. The predicted molar refractivity (Wildman–Crippen MR) is 153 cm³/mol. The maximum Gasteiger partial charge on any atom is 0.416 e. The van der Waals surface area contributed by atoms with Crippen LogP contribution in [0, 0.1) is 5.92 Å². The van der Waals surface area contributed by atoms with E-state index in [0.717, 1.165) is 23.0 Å². The number of carbonyl (C=O) groups is 3. The van der Waals surface area contributed by atoms with E-state index in [-0.39, 0.29) is 37.1 Å². The van der Waals surface area contributed by atoms with Crippen molar-refractivity contribution in [3.05, 3.63) is 71.9 Å². The number of nitrogens with zero attached hydrogens (tertiary/aromatic N) is 2. The lowest BCUT2D eigenvalue weighted by Crippen LogP contribution is -2.51. The van der Waals surface area contributed by atoms with Crippen molar-refractivity contribution in [1.29, 1.82) is 0 Å². The fourth-order valence-electron chi connectivity index (χ4n) is 4.77. The monoisotopic (exact) mass is 604 g/mol. The van der Waals surface area contributed by atoms with Crippen molar-refractivity contribution in [2.75, 3.05) is 18.4 Å². The lowest BCUT2D eigenvalue weighted by Gasteiger charge is -2.23. The molecule has 0 radical (unpaired) electrons. The van der Waals surface area contributed by atoms with Crippen LogP contribution < -0.4 is 21.2 Å². The number of amides is 3. The second-order valence-electron chi connectivity index (χ2n) is 10.5. The Labute approximate surface area is 246 Å². The van der Waals surface area contributed by atoms with E-state index in [0.29, 0.717) is 24.3 Å². The third-order valence-corrected chi connectivity index (χ3v) is 7.59. The summed E-state index contributed by atoms with van der Waals surface area (Å²) in [4.78, 5) is 47.5. The number of benzene rings is 2. The number of anilines is 1. The largest absolute Gasteiger partial charge is 0.416 e.